The van der Waals surface area contributed by atoms with E-state index < -0.39 is 0 Å². The van der Waals surface area contributed by atoms with E-state index >= 15 is 0 Å². The van der Waals surface area contributed by atoms with Crippen LogP contribution in [-0.2, 0) is 4.79 Å². The van der Waals surface area contributed by atoms with Crippen LogP contribution < -0.4 is 10.3 Å². The van der Waals surface area contributed by atoms with Crippen molar-refractivity contribution in [3.05, 3.63) is 51.8 Å². The lowest BCUT2D eigenvalue weighted by atomic mass is 9.88. The number of aromatic nitrogens is 1. The molecule has 2 rings (SSSR count). The molecule has 154 valence electrons. The number of carbonyl (C=O) groups is 1. The number of benzene rings is 1. The van der Waals surface area contributed by atoms with Crippen LogP contribution in [0.1, 0.15) is 51.3 Å². The lowest BCUT2D eigenvalue weighted by molar-refractivity contribution is -0.122. The van der Waals surface area contributed by atoms with Gasteiger partial charge in [0.15, 0.2) is 0 Å². The summed E-state index contributed by atoms with van der Waals surface area (Å²) in [5, 5.41) is 6.89. The summed E-state index contributed by atoms with van der Waals surface area (Å²) in [5.74, 6) is 0. The van der Waals surface area contributed by atoms with Gasteiger partial charge in [0.2, 0.25) is 0 Å². The molecule has 1 unspecified atom stereocenters. The number of nitrogens with one attached hydrogen (secondary N) is 1. The Morgan fingerprint density at radius 3 is 2.21 bits per heavy atom. The summed E-state index contributed by atoms with van der Waals surface area (Å²) in [4.78, 5) is 21.5. The second kappa shape index (κ2) is 10.4. The van der Waals surface area contributed by atoms with Gasteiger partial charge in [0.1, 0.15) is 5.69 Å². The highest BCUT2D eigenvalue weighted by Gasteiger charge is 2.22. The molecule has 0 saturated carbocycles. The number of pyridine rings is 1. The maximum absolute atomic E-state index is 13.2. The fourth-order valence-corrected chi connectivity index (χ4v) is 3.79. The Bertz CT molecular complexity index is 837. The maximum Gasteiger partial charge on any atom is 0.290 e. The fraction of sp³-hybridized carbons (Fsp3) is 0.455. The number of hydrogen-bond acceptors (Lipinski definition) is 4. The van der Waals surface area contributed by atoms with Crippen LogP contribution in [0, 0.1) is 19.3 Å². The molecule has 1 heterocycles. The Labute approximate surface area is 172 Å². The van der Waals surface area contributed by atoms with E-state index in [0.717, 1.165) is 23.2 Å². The van der Waals surface area contributed by atoms with Crippen LogP contribution in [0.5, 0.6) is 0 Å². The van der Waals surface area contributed by atoms with Crippen LogP contribution in [0.2, 0.25) is 0 Å². The Kier molecular flexibility index (Phi) is 8.82. The van der Waals surface area contributed by atoms with Crippen molar-refractivity contribution in [3.8, 4) is 11.3 Å². The highest BCUT2D eigenvalue weighted by Crippen LogP contribution is 2.32. The summed E-state index contributed by atoms with van der Waals surface area (Å²) in [6.45, 7) is 12.7. The number of nitrogens with zero attached hydrogens (tertiary/aromatic N) is 1. The van der Waals surface area contributed by atoms with Gasteiger partial charge in [-0.15, -0.1) is 0 Å². The Hall–Kier alpha value is -2.21. The van der Waals surface area contributed by atoms with Crippen molar-refractivity contribution in [1.29, 1.82) is 0 Å². The molecule has 28 heavy (non-hydrogen) atoms. The molecule has 0 bridgehead atoms. The third kappa shape index (κ3) is 6.44. The lowest BCUT2D eigenvalue weighted by Gasteiger charge is -2.28. The number of aryl methyl sites for hydroxylation is 2. The first kappa shape index (κ1) is 23.8. The molecule has 1 atom stereocenters. The summed E-state index contributed by atoms with van der Waals surface area (Å²) in [7, 11) is 0. The minimum atomic E-state index is -0.250. The molecule has 5 nitrogen and oxygen atoms in total. The quantitative estimate of drug-likeness (QED) is 0.507. The maximum atomic E-state index is 13.2. The van der Waals surface area contributed by atoms with Crippen molar-refractivity contribution in [1.82, 2.24) is 4.57 Å². The SMILES string of the molecule is CSNc1cc(C)c(-c2ccc(C)cc2)n(C(C)CC(C)(C)C)c1=O.O=CO. The molecule has 6 heteroatoms. The van der Waals surface area contributed by atoms with Gasteiger partial charge < -0.3 is 14.4 Å². The van der Waals surface area contributed by atoms with Gasteiger partial charge in [-0.2, -0.15) is 0 Å². The molecule has 0 fully saturated rings. The zero-order valence-corrected chi connectivity index (χ0v) is 18.7. The van der Waals surface area contributed by atoms with Gasteiger partial charge in [-0.3, -0.25) is 9.59 Å². The van der Waals surface area contributed by atoms with E-state index in [0.29, 0.717) is 5.69 Å². The van der Waals surface area contributed by atoms with Crippen molar-refractivity contribution in [2.24, 2.45) is 5.41 Å². The molecule has 0 aliphatic carbocycles. The van der Waals surface area contributed by atoms with Crippen molar-refractivity contribution in [2.45, 2.75) is 54.0 Å². The molecule has 1 aromatic carbocycles. The normalized spacial score (nSPS) is 12.0. The van der Waals surface area contributed by atoms with Crippen LogP contribution in [0.25, 0.3) is 11.3 Å². The molecule has 0 aliphatic rings. The topological polar surface area (TPSA) is 71.3 Å². The molecule has 0 aliphatic heterocycles. The summed E-state index contributed by atoms with van der Waals surface area (Å²) in [5.41, 5.74) is 5.30. The van der Waals surface area contributed by atoms with Crippen LogP contribution in [0.4, 0.5) is 5.69 Å². The summed E-state index contributed by atoms with van der Waals surface area (Å²) >= 11 is 1.45. The largest absolute Gasteiger partial charge is 0.483 e. The van der Waals surface area contributed by atoms with Crippen molar-refractivity contribution < 1.29 is 9.90 Å². The van der Waals surface area contributed by atoms with E-state index in [4.69, 9.17) is 9.90 Å². The summed E-state index contributed by atoms with van der Waals surface area (Å²) in [6.07, 6.45) is 2.87. The number of carboxylic acid groups (broad SMARTS) is 1. The first-order valence-corrected chi connectivity index (χ1v) is 10.5. The highest BCUT2D eigenvalue weighted by molar-refractivity contribution is 7.99. The molecular weight excluding hydrogens is 372 g/mol. The van der Waals surface area contributed by atoms with Gasteiger partial charge in [-0.25, -0.2) is 0 Å². The van der Waals surface area contributed by atoms with Gasteiger partial charge in [-0.05, 0) is 49.8 Å². The fourth-order valence-electron chi connectivity index (χ4n) is 3.43. The summed E-state index contributed by atoms with van der Waals surface area (Å²) in [6, 6.07) is 10.5. The first-order chi connectivity index (χ1) is 13.1. The third-order valence-electron chi connectivity index (χ3n) is 4.31. The van der Waals surface area contributed by atoms with E-state index in [9.17, 15) is 4.79 Å². The summed E-state index contributed by atoms with van der Waals surface area (Å²) < 4.78 is 5.12. The van der Waals surface area contributed by atoms with E-state index in [2.05, 4.69) is 70.5 Å². The lowest BCUT2D eigenvalue weighted by Crippen LogP contribution is -2.29. The second-order valence-corrected chi connectivity index (χ2v) is 8.77. The average molecular weight is 405 g/mol. The Balaban J connectivity index is 0.00000122. The molecule has 0 spiro atoms. The van der Waals surface area contributed by atoms with Crippen LogP contribution in [0.3, 0.4) is 0 Å². The third-order valence-corrected chi connectivity index (χ3v) is 4.73. The van der Waals surface area contributed by atoms with Crippen LogP contribution >= 0.6 is 11.9 Å². The van der Waals surface area contributed by atoms with Gasteiger partial charge in [0.05, 0.1) is 5.69 Å². The van der Waals surface area contributed by atoms with E-state index in [-0.39, 0.29) is 23.5 Å². The number of rotatable bonds is 5. The number of anilines is 1. The van der Waals surface area contributed by atoms with Crippen LogP contribution in [-0.4, -0.2) is 22.4 Å². The predicted molar refractivity (Wildman–Crippen MR) is 120 cm³/mol. The molecule has 1 aromatic heterocycles. The standard InChI is InChI=1S/C21H30N2OS.CH2O2/c1-14-8-10-17(11-9-14)19-15(2)12-18(22-25-7)20(24)23(19)16(3)13-21(4,5)6;2-1-3/h8-12,16,22H,13H2,1-7H3;1H,(H,2,3). The molecular formula is C22H32N2O3S. The monoisotopic (exact) mass is 404 g/mol. The molecule has 2 aromatic rings. The minimum absolute atomic E-state index is 0.0484. The van der Waals surface area contributed by atoms with E-state index in [1.165, 1.54) is 17.5 Å². The van der Waals surface area contributed by atoms with Crippen molar-refractivity contribution >= 4 is 24.1 Å². The van der Waals surface area contributed by atoms with Crippen molar-refractivity contribution in [2.75, 3.05) is 11.0 Å². The van der Waals surface area contributed by atoms with Gasteiger partial charge >= 0.3 is 0 Å². The molecule has 0 radical (unpaired) electrons. The molecule has 0 saturated heterocycles. The van der Waals surface area contributed by atoms with Gasteiger partial charge in [0, 0.05) is 12.3 Å². The smallest absolute Gasteiger partial charge is 0.290 e. The highest BCUT2D eigenvalue weighted by atomic mass is 32.2. The van der Waals surface area contributed by atoms with E-state index in [1.807, 2.05) is 16.9 Å². The van der Waals surface area contributed by atoms with Gasteiger partial charge in [-0.1, -0.05) is 62.5 Å². The Morgan fingerprint density at radius 1 is 1.21 bits per heavy atom. The molecule has 0 amide bonds. The minimum Gasteiger partial charge on any atom is -0.483 e. The van der Waals surface area contributed by atoms with Crippen LogP contribution in [0.15, 0.2) is 35.1 Å². The predicted octanol–water partition coefficient (Wildman–Crippen LogP) is 5.52. The van der Waals surface area contributed by atoms with Gasteiger partial charge in [0.25, 0.3) is 12.0 Å². The van der Waals surface area contributed by atoms with E-state index in [1.54, 1.807) is 0 Å². The Morgan fingerprint density at radius 2 is 1.75 bits per heavy atom. The second-order valence-electron chi connectivity index (χ2n) is 8.16. The zero-order valence-electron chi connectivity index (χ0n) is 17.9. The average Bonchev–Trinajstić information content (AvgIpc) is 2.58. The number of hydrogen-bond donors (Lipinski definition) is 2. The molecule has 2 N–H and O–H groups in total. The zero-order chi connectivity index (χ0) is 21.5. The van der Waals surface area contributed by atoms with Crippen molar-refractivity contribution in [3.63, 3.8) is 0 Å². The first-order valence-electron chi connectivity index (χ1n) is 9.25.